The third-order valence-corrected chi connectivity index (χ3v) is 5.61. The first-order valence-electron chi connectivity index (χ1n) is 11.0. The lowest BCUT2D eigenvalue weighted by Crippen LogP contribution is -2.43. The molecule has 2 aromatic rings. The fraction of sp³-hybridized carbons (Fsp3) is 0.478. The van der Waals surface area contributed by atoms with Crippen molar-refractivity contribution >= 4 is 17.4 Å². The number of carbonyl (C=O) groups excluding carboxylic acids is 1. The fourth-order valence-corrected chi connectivity index (χ4v) is 4.20. The van der Waals surface area contributed by atoms with Gasteiger partial charge in [0.15, 0.2) is 0 Å². The van der Waals surface area contributed by atoms with E-state index in [1.165, 1.54) is 4.57 Å². The summed E-state index contributed by atoms with van der Waals surface area (Å²) >= 11 is 0. The van der Waals surface area contributed by atoms with E-state index >= 15 is 0 Å². The van der Waals surface area contributed by atoms with Crippen molar-refractivity contribution in [2.45, 2.75) is 64.7 Å². The number of nitrogens with two attached hydrogens (primary N) is 1. The summed E-state index contributed by atoms with van der Waals surface area (Å²) in [5.41, 5.74) is 6.58. The predicted molar refractivity (Wildman–Crippen MR) is 126 cm³/mol. The van der Waals surface area contributed by atoms with E-state index in [1.54, 1.807) is 18.3 Å². The molecule has 1 aromatic heterocycles. The molecule has 6 N–H and O–H groups in total. The molecule has 0 unspecified atom stereocenters. The van der Waals surface area contributed by atoms with E-state index in [4.69, 9.17) is 11.1 Å². The highest BCUT2D eigenvalue weighted by molar-refractivity contribution is 5.94. The van der Waals surface area contributed by atoms with Crippen LogP contribution < -0.4 is 27.2 Å². The van der Waals surface area contributed by atoms with Gasteiger partial charge in [0.25, 0.3) is 5.56 Å². The van der Waals surface area contributed by atoms with Crippen molar-refractivity contribution in [1.29, 1.82) is 5.41 Å². The molecule has 2 atom stereocenters. The van der Waals surface area contributed by atoms with Crippen LogP contribution in [0.2, 0.25) is 0 Å². The van der Waals surface area contributed by atoms with Crippen molar-refractivity contribution in [3.05, 3.63) is 57.8 Å². The zero-order valence-corrected chi connectivity index (χ0v) is 19.2. The molecular formula is C23H33N7O2. The van der Waals surface area contributed by atoms with Crippen LogP contribution in [0.3, 0.4) is 0 Å². The van der Waals surface area contributed by atoms with Crippen molar-refractivity contribution in [3.63, 3.8) is 0 Å². The maximum absolute atomic E-state index is 13.3. The second-order valence-corrected chi connectivity index (χ2v) is 8.78. The number of carbonyl (C=O) groups is 1. The quantitative estimate of drug-likeness (QED) is 0.298. The number of nitrogen functional groups attached to an aromatic ring is 1. The number of anilines is 1. The number of hydrogen-bond donors (Lipinski definition) is 5. The summed E-state index contributed by atoms with van der Waals surface area (Å²) in [4.78, 5) is 31.0. The van der Waals surface area contributed by atoms with Crippen LogP contribution in [0.4, 0.5) is 5.69 Å². The maximum atomic E-state index is 13.3. The van der Waals surface area contributed by atoms with Crippen LogP contribution in [0.25, 0.3) is 0 Å². The standard InChI is InChI=1S/C23H33N7O2/c1-5-10-26-17-13-28-22-23(4,29-14(2)3)11-18(30(22)21(17)32)20(31)27-12-15-6-8-16(9-7-15)19(24)25/h6-9,13-14,18,26,29H,5,10-12H2,1-4H3,(H3,24,25)(H,27,31)/t18-,23-/m1/s1. The molecule has 9 nitrogen and oxygen atoms in total. The lowest BCUT2D eigenvalue weighted by Gasteiger charge is -2.27. The Morgan fingerprint density at radius 2 is 2.03 bits per heavy atom. The highest BCUT2D eigenvalue weighted by Gasteiger charge is 2.46. The number of hydrogen-bond acceptors (Lipinski definition) is 6. The molecule has 0 saturated heterocycles. The molecule has 1 aliphatic rings. The smallest absolute Gasteiger partial charge is 0.277 e. The molecule has 32 heavy (non-hydrogen) atoms. The van der Waals surface area contributed by atoms with Gasteiger partial charge in [-0.15, -0.1) is 0 Å². The van der Waals surface area contributed by atoms with Crippen molar-refractivity contribution in [2.75, 3.05) is 11.9 Å². The van der Waals surface area contributed by atoms with Crippen molar-refractivity contribution < 1.29 is 4.79 Å². The number of fused-ring (bicyclic) bond motifs is 1. The van der Waals surface area contributed by atoms with Crippen molar-refractivity contribution in [3.8, 4) is 0 Å². The number of nitrogens with one attached hydrogen (secondary N) is 4. The van der Waals surface area contributed by atoms with E-state index in [9.17, 15) is 9.59 Å². The molecule has 0 saturated carbocycles. The number of amidine groups is 1. The molecule has 0 radical (unpaired) electrons. The zero-order chi connectivity index (χ0) is 23.5. The van der Waals surface area contributed by atoms with Gasteiger partial charge in [0, 0.05) is 31.1 Å². The topological polar surface area (TPSA) is 138 Å². The van der Waals surface area contributed by atoms with Crippen LogP contribution in [-0.2, 0) is 16.9 Å². The van der Waals surface area contributed by atoms with Gasteiger partial charge in [-0.1, -0.05) is 31.2 Å². The van der Waals surface area contributed by atoms with E-state index < -0.39 is 11.6 Å². The van der Waals surface area contributed by atoms with Gasteiger partial charge in [-0.25, -0.2) is 4.98 Å². The molecule has 0 aliphatic carbocycles. The Morgan fingerprint density at radius 3 is 2.62 bits per heavy atom. The lowest BCUT2D eigenvalue weighted by molar-refractivity contribution is -0.124. The molecule has 0 bridgehead atoms. The minimum absolute atomic E-state index is 0.000511. The first kappa shape index (κ1) is 23.5. The third kappa shape index (κ3) is 4.83. The summed E-state index contributed by atoms with van der Waals surface area (Å²) in [7, 11) is 0. The molecular weight excluding hydrogens is 406 g/mol. The van der Waals surface area contributed by atoms with Gasteiger partial charge in [-0.2, -0.15) is 0 Å². The molecule has 3 rings (SSSR count). The highest BCUT2D eigenvalue weighted by Crippen LogP contribution is 2.37. The average molecular weight is 440 g/mol. The summed E-state index contributed by atoms with van der Waals surface area (Å²) in [5.74, 6) is 0.344. The molecule has 1 aromatic carbocycles. The first-order valence-corrected chi connectivity index (χ1v) is 11.0. The van der Waals surface area contributed by atoms with Crippen LogP contribution in [0.5, 0.6) is 0 Å². The Bertz CT molecular complexity index is 1050. The summed E-state index contributed by atoms with van der Waals surface area (Å²) in [5, 5.41) is 17.0. The molecule has 1 aliphatic heterocycles. The van der Waals surface area contributed by atoms with Crippen molar-refractivity contribution in [1.82, 2.24) is 20.2 Å². The molecule has 0 fully saturated rings. The Kier molecular flexibility index (Phi) is 6.98. The molecule has 0 spiro atoms. The van der Waals surface area contributed by atoms with E-state index in [-0.39, 0.29) is 23.3 Å². The minimum atomic E-state index is -0.666. The van der Waals surface area contributed by atoms with Gasteiger partial charge >= 0.3 is 0 Å². The van der Waals surface area contributed by atoms with Gasteiger partial charge in [0.2, 0.25) is 5.91 Å². The Morgan fingerprint density at radius 1 is 1.34 bits per heavy atom. The van der Waals surface area contributed by atoms with Gasteiger partial charge < -0.3 is 21.7 Å². The number of nitrogens with zero attached hydrogens (tertiary/aromatic N) is 2. The normalized spacial score (nSPS) is 19.6. The van der Waals surface area contributed by atoms with E-state index in [0.717, 1.165) is 12.0 Å². The van der Waals surface area contributed by atoms with Crippen LogP contribution >= 0.6 is 0 Å². The summed E-state index contributed by atoms with van der Waals surface area (Å²) in [6, 6.07) is 6.64. The fourth-order valence-electron chi connectivity index (χ4n) is 4.20. The second kappa shape index (κ2) is 9.52. The number of benzene rings is 1. The molecule has 9 heteroatoms. The van der Waals surface area contributed by atoms with Crippen LogP contribution in [0, 0.1) is 5.41 Å². The van der Waals surface area contributed by atoms with Crippen LogP contribution in [-0.4, -0.2) is 33.9 Å². The number of aromatic nitrogens is 2. The Hall–Kier alpha value is -3.20. The maximum Gasteiger partial charge on any atom is 0.277 e. The Balaban J connectivity index is 1.86. The minimum Gasteiger partial charge on any atom is -0.384 e. The van der Waals surface area contributed by atoms with E-state index in [2.05, 4.69) is 20.9 Å². The van der Waals surface area contributed by atoms with Gasteiger partial charge in [0.1, 0.15) is 23.4 Å². The van der Waals surface area contributed by atoms with Gasteiger partial charge in [-0.05, 0) is 32.8 Å². The van der Waals surface area contributed by atoms with Crippen LogP contribution in [0.15, 0.2) is 35.3 Å². The van der Waals surface area contributed by atoms with Crippen molar-refractivity contribution in [2.24, 2.45) is 5.73 Å². The largest absolute Gasteiger partial charge is 0.384 e. The Labute approximate surface area is 188 Å². The van der Waals surface area contributed by atoms with E-state index in [0.29, 0.717) is 36.6 Å². The predicted octanol–water partition coefficient (Wildman–Crippen LogP) is 1.82. The molecule has 2 heterocycles. The van der Waals surface area contributed by atoms with Crippen LogP contribution in [0.1, 0.15) is 63.5 Å². The summed E-state index contributed by atoms with van der Waals surface area (Å²) in [6.07, 6.45) is 2.88. The third-order valence-electron chi connectivity index (χ3n) is 5.61. The number of amides is 1. The van der Waals surface area contributed by atoms with E-state index in [1.807, 2.05) is 39.8 Å². The second-order valence-electron chi connectivity index (χ2n) is 8.78. The van der Waals surface area contributed by atoms with Gasteiger partial charge in [0.05, 0.1) is 11.7 Å². The SMILES string of the molecule is CCCNc1cnc2n(c1=O)[C@@H](C(=O)NCc1ccc(C(=N)N)cc1)C[C@@]2(C)NC(C)C. The highest BCUT2D eigenvalue weighted by atomic mass is 16.2. The van der Waals surface area contributed by atoms with Gasteiger partial charge in [-0.3, -0.25) is 19.6 Å². The average Bonchev–Trinajstić information content (AvgIpc) is 3.04. The molecule has 1 amide bonds. The lowest BCUT2D eigenvalue weighted by atomic mass is 9.95. The number of rotatable bonds is 9. The first-order chi connectivity index (χ1) is 15.2. The monoisotopic (exact) mass is 439 g/mol. The summed E-state index contributed by atoms with van der Waals surface area (Å²) in [6.45, 7) is 9.04. The zero-order valence-electron chi connectivity index (χ0n) is 19.2. The molecule has 172 valence electrons. The summed E-state index contributed by atoms with van der Waals surface area (Å²) < 4.78 is 1.53.